The Morgan fingerprint density at radius 1 is 0.431 bits per heavy atom. The standard InChI is InChI=1S/C47H35N3O/c1-46(2)38-26-31(21-23-34(38)37-25-20-29-19-18-28-12-8-9-15-33(28)41(29)42(37)47(46,3)4)44-48-43(30-13-6-5-7-14-30)49-45(50-44)32-22-24-36-35-16-10-11-17-39(35)51-40(36)27-32/h5-27H,1-4H3. The van der Waals surface area contributed by atoms with E-state index in [0.717, 1.165) is 38.6 Å². The average Bonchev–Trinajstić information content (AvgIpc) is 3.55. The topological polar surface area (TPSA) is 51.8 Å². The van der Waals surface area contributed by atoms with Crippen molar-refractivity contribution in [1.82, 2.24) is 15.0 Å². The van der Waals surface area contributed by atoms with E-state index in [2.05, 4.69) is 125 Å². The number of fused-ring (bicyclic) bond motifs is 10. The maximum Gasteiger partial charge on any atom is 0.164 e. The third-order valence-corrected chi connectivity index (χ3v) is 11.6. The van der Waals surface area contributed by atoms with Crippen molar-refractivity contribution in [1.29, 1.82) is 0 Å². The summed E-state index contributed by atoms with van der Waals surface area (Å²) >= 11 is 0. The number of para-hydroxylation sites is 1. The summed E-state index contributed by atoms with van der Waals surface area (Å²) in [6.45, 7) is 9.59. The zero-order valence-corrected chi connectivity index (χ0v) is 29.0. The van der Waals surface area contributed by atoms with E-state index < -0.39 is 0 Å². The Hall–Kier alpha value is -6.13. The number of hydrogen-bond acceptors (Lipinski definition) is 4. The Morgan fingerprint density at radius 3 is 1.82 bits per heavy atom. The number of aromatic nitrogens is 3. The molecule has 0 spiro atoms. The minimum absolute atomic E-state index is 0.182. The Bertz CT molecular complexity index is 2860. The molecule has 7 aromatic carbocycles. The average molecular weight is 658 g/mol. The van der Waals surface area contributed by atoms with Gasteiger partial charge in [0.25, 0.3) is 0 Å². The molecule has 1 aliphatic carbocycles. The van der Waals surface area contributed by atoms with Gasteiger partial charge >= 0.3 is 0 Å². The maximum absolute atomic E-state index is 6.26. The first kappa shape index (κ1) is 29.8. The van der Waals surface area contributed by atoms with Gasteiger partial charge in [-0.1, -0.05) is 143 Å². The van der Waals surface area contributed by atoms with E-state index in [-0.39, 0.29) is 10.8 Å². The highest BCUT2D eigenvalue weighted by atomic mass is 16.3. The number of nitrogens with zero attached hydrogens (tertiary/aromatic N) is 3. The highest BCUT2D eigenvalue weighted by Crippen LogP contribution is 2.56. The number of hydrogen-bond donors (Lipinski definition) is 0. The summed E-state index contributed by atoms with van der Waals surface area (Å²) in [7, 11) is 0. The quantitative estimate of drug-likeness (QED) is 0.177. The summed E-state index contributed by atoms with van der Waals surface area (Å²) in [6, 6.07) is 49.2. The fraction of sp³-hybridized carbons (Fsp3) is 0.128. The SMILES string of the molecule is CC1(C)c2cc(-c3nc(-c4ccccc4)nc(-c4ccc5c(c4)oc4ccccc45)n3)ccc2-c2ccc3ccc4ccccc4c3c2C1(C)C. The lowest BCUT2D eigenvalue weighted by Gasteiger charge is -2.49. The van der Waals surface area contributed by atoms with Gasteiger partial charge in [0, 0.05) is 32.9 Å². The van der Waals surface area contributed by atoms with Gasteiger partial charge in [-0.3, -0.25) is 0 Å². The first-order chi connectivity index (χ1) is 24.8. The van der Waals surface area contributed by atoms with Crippen molar-refractivity contribution < 1.29 is 4.42 Å². The monoisotopic (exact) mass is 657 g/mol. The summed E-state index contributed by atoms with van der Waals surface area (Å²) < 4.78 is 6.26. The van der Waals surface area contributed by atoms with Crippen molar-refractivity contribution >= 4 is 43.5 Å². The van der Waals surface area contributed by atoms with Gasteiger partial charge in [0.2, 0.25) is 0 Å². The molecule has 51 heavy (non-hydrogen) atoms. The summed E-state index contributed by atoms with van der Waals surface area (Å²) in [4.78, 5) is 15.3. The molecule has 0 saturated heterocycles. The molecule has 244 valence electrons. The Balaban J connectivity index is 1.18. The molecule has 0 amide bonds. The van der Waals surface area contributed by atoms with E-state index in [4.69, 9.17) is 19.4 Å². The molecular formula is C47H35N3O. The third kappa shape index (κ3) is 4.36. The van der Waals surface area contributed by atoms with Crippen LogP contribution in [0.2, 0.25) is 0 Å². The zero-order chi connectivity index (χ0) is 34.5. The Labute approximate surface area is 296 Å². The van der Waals surface area contributed by atoms with Crippen LogP contribution >= 0.6 is 0 Å². The number of furan rings is 1. The van der Waals surface area contributed by atoms with Gasteiger partial charge in [0.05, 0.1) is 0 Å². The van der Waals surface area contributed by atoms with E-state index in [1.165, 1.54) is 43.8 Å². The molecule has 4 nitrogen and oxygen atoms in total. The summed E-state index contributed by atoms with van der Waals surface area (Å²) in [5.74, 6) is 1.90. The molecule has 10 rings (SSSR count). The fourth-order valence-electron chi connectivity index (χ4n) is 8.27. The second-order valence-corrected chi connectivity index (χ2v) is 14.9. The summed E-state index contributed by atoms with van der Waals surface area (Å²) in [5.41, 5.74) is 9.36. The van der Waals surface area contributed by atoms with Gasteiger partial charge < -0.3 is 4.42 Å². The molecule has 0 unspecified atom stereocenters. The summed E-state index contributed by atoms with van der Waals surface area (Å²) in [5, 5.41) is 7.39. The molecule has 0 bridgehead atoms. The van der Waals surface area contributed by atoms with Crippen molar-refractivity contribution in [3.8, 4) is 45.3 Å². The predicted octanol–water partition coefficient (Wildman–Crippen LogP) is 12.3. The third-order valence-electron chi connectivity index (χ3n) is 11.6. The van der Waals surface area contributed by atoms with Crippen LogP contribution in [0.25, 0.3) is 88.8 Å². The molecule has 9 aromatic rings. The van der Waals surface area contributed by atoms with E-state index in [9.17, 15) is 0 Å². The molecule has 0 atom stereocenters. The van der Waals surface area contributed by atoms with Crippen molar-refractivity contribution in [2.24, 2.45) is 0 Å². The number of rotatable bonds is 3. The van der Waals surface area contributed by atoms with Crippen molar-refractivity contribution in [2.45, 2.75) is 38.5 Å². The van der Waals surface area contributed by atoms with Gasteiger partial charge in [-0.25, -0.2) is 15.0 Å². The highest BCUT2D eigenvalue weighted by molar-refractivity contribution is 6.12. The highest BCUT2D eigenvalue weighted by Gasteiger charge is 2.47. The molecule has 0 fully saturated rings. The van der Waals surface area contributed by atoms with Gasteiger partial charge in [0.1, 0.15) is 11.2 Å². The molecule has 0 N–H and O–H groups in total. The first-order valence-corrected chi connectivity index (χ1v) is 17.6. The second-order valence-electron chi connectivity index (χ2n) is 14.9. The first-order valence-electron chi connectivity index (χ1n) is 17.6. The van der Waals surface area contributed by atoms with Crippen LogP contribution in [0.15, 0.2) is 144 Å². The lowest BCUT2D eigenvalue weighted by molar-refractivity contribution is 0.301. The second kappa shape index (κ2) is 10.7. The molecular weight excluding hydrogens is 623 g/mol. The molecule has 0 radical (unpaired) electrons. The van der Waals surface area contributed by atoms with E-state index in [1.807, 2.05) is 42.5 Å². The molecule has 2 aromatic heterocycles. The zero-order valence-electron chi connectivity index (χ0n) is 29.0. The lowest BCUT2D eigenvalue weighted by atomic mass is 9.54. The molecule has 0 saturated carbocycles. The van der Waals surface area contributed by atoms with Crippen LogP contribution in [0.5, 0.6) is 0 Å². The normalized spacial score (nSPS) is 14.6. The van der Waals surface area contributed by atoms with Crippen molar-refractivity contribution in [3.05, 3.63) is 151 Å². The maximum atomic E-state index is 6.26. The van der Waals surface area contributed by atoms with E-state index in [0.29, 0.717) is 17.5 Å². The van der Waals surface area contributed by atoms with Crippen LogP contribution in [0.3, 0.4) is 0 Å². The molecule has 2 heterocycles. The minimum Gasteiger partial charge on any atom is -0.456 e. The van der Waals surface area contributed by atoms with Gasteiger partial charge in [-0.2, -0.15) is 0 Å². The van der Waals surface area contributed by atoms with E-state index >= 15 is 0 Å². The van der Waals surface area contributed by atoms with Crippen LogP contribution in [0.1, 0.15) is 38.8 Å². The van der Waals surface area contributed by atoms with Crippen LogP contribution in [-0.4, -0.2) is 15.0 Å². The lowest BCUT2D eigenvalue weighted by Crippen LogP contribution is -2.43. The Kier molecular flexibility index (Phi) is 6.23. The molecule has 1 aliphatic rings. The van der Waals surface area contributed by atoms with Crippen molar-refractivity contribution in [3.63, 3.8) is 0 Å². The largest absolute Gasteiger partial charge is 0.456 e. The van der Waals surface area contributed by atoms with Gasteiger partial charge in [-0.15, -0.1) is 0 Å². The van der Waals surface area contributed by atoms with Crippen LogP contribution in [0.4, 0.5) is 0 Å². The smallest absolute Gasteiger partial charge is 0.164 e. The van der Waals surface area contributed by atoms with Crippen molar-refractivity contribution in [2.75, 3.05) is 0 Å². The predicted molar refractivity (Wildman–Crippen MR) is 210 cm³/mol. The van der Waals surface area contributed by atoms with Gasteiger partial charge in [-0.05, 0) is 73.5 Å². The summed E-state index contributed by atoms with van der Waals surface area (Å²) in [6.07, 6.45) is 0. The Morgan fingerprint density at radius 2 is 1.02 bits per heavy atom. The minimum atomic E-state index is -0.207. The van der Waals surface area contributed by atoms with Gasteiger partial charge in [0.15, 0.2) is 17.5 Å². The van der Waals surface area contributed by atoms with E-state index in [1.54, 1.807) is 0 Å². The molecule has 4 heteroatoms. The fourth-order valence-corrected chi connectivity index (χ4v) is 8.27. The molecule has 0 aliphatic heterocycles. The number of benzene rings is 7. The van der Waals surface area contributed by atoms with Crippen LogP contribution in [-0.2, 0) is 10.8 Å². The van der Waals surface area contributed by atoms with Crippen LogP contribution < -0.4 is 0 Å². The van der Waals surface area contributed by atoms with Crippen LogP contribution in [0, 0.1) is 0 Å².